The van der Waals surface area contributed by atoms with Gasteiger partial charge in [0.2, 0.25) is 0 Å². The summed E-state index contributed by atoms with van der Waals surface area (Å²) in [5.74, 6) is -1.95. The second kappa shape index (κ2) is 6.78. The number of ether oxygens (including phenoxy) is 3. The second-order valence-electron chi connectivity index (χ2n) is 8.47. The van der Waals surface area contributed by atoms with Crippen LogP contribution in [0.3, 0.4) is 0 Å². The fourth-order valence-corrected chi connectivity index (χ4v) is 4.60. The molecule has 1 fully saturated rings. The minimum absolute atomic E-state index is 0.0377. The molecule has 0 radical (unpaired) electrons. The Labute approximate surface area is 177 Å². The summed E-state index contributed by atoms with van der Waals surface area (Å²) in [4.78, 5) is 38.2. The molecule has 4 atom stereocenters. The zero-order chi connectivity index (χ0) is 21.9. The first-order valence-corrected chi connectivity index (χ1v) is 10.0. The van der Waals surface area contributed by atoms with Crippen LogP contribution in [0, 0.1) is 5.41 Å². The largest absolute Gasteiger partial charge is 0.483 e. The third kappa shape index (κ3) is 3.04. The van der Waals surface area contributed by atoms with Crippen molar-refractivity contribution in [1.29, 1.82) is 0 Å². The third-order valence-corrected chi connectivity index (χ3v) is 6.25. The van der Waals surface area contributed by atoms with Gasteiger partial charge in [0.05, 0.1) is 5.56 Å². The number of carbonyl (C=O) groups excluding carboxylic acids is 3. The molecule has 1 aliphatic carbocycles. The van der Waals surface area contributed by atoms with E-state index in [9.17, 15) is 19.5 Å². The molecule has 2 aliphatic heterocycles. The molecule has 31 heavy (non-hydrogen) atoms. The minimum atomic E-state index is -1.18. The number of hydrogen-bond donors (Lipinski definition) is 1. The summed E-state index contributed by atoms with van der Waals surface area (Å²) in [6, 6.07) is 12.8. The normalized spacial score (nSPS) is 29.9. The first-order valence-electron chi connectivity index (χ1n) is 10.0. The molecule has 2 bridgehead atoms. The molecule has 0 spiro atoms. The molecule has 0 saturated heterocycles. The lowest BCUT2D eigenvalue weighted by Crippen LogP contribution is -2.52. The zero-order valence-electron chi connectivity index (χ0n) is 16.8. The van der Waals surface area contributed by atoms with Crippen molar-refractivity contribution in [1.82, 2.24) is 0 Å². The monoisotopic (exact) mass is 420 g/mol. The van der Waals surface area contributed by atoms with Crippen LogP contribution in [-0.4, -0.2) is 41.1 Å². The standard InChI is InChI=1S/C24H20O7/c1-12-20-18(23(28)29-12)21(26)24(2)10-16(30-20)19(25)17(11-24)31-22(27)15-8-7-13-5-3-4-6-14(13)9-15/h3-9,16-17,19,25H,1,10-11H2,2H3/t16-,17?,19?,24+/m0/s1. The van der Waals surface area contributed by atoms with Crippen molar-refractivity contribution >= 4 is 28.5 Å². The van der Waals surface area contributed by atoms with Gasteiger partial charge in [0, 0.05) is 5.41 Å². The van der Waals surface area contributed by atoms with Crippen LogP contribution in [0.2, 0.25) is 0 Å². The van der Waals surface area contributed by atoms with Crippen LogP contribution < -0.4 is 0 Å². The molecule has 1 saturated carbocycles. The summed E-state index contributed by atoms with van der Waals surface area (Å²) in [5.41, 5.74) is -0.906. The molecule has 2 unspecified atom stereocenters. The molecule has 158 valence electrons. The number of hydrogen-bond acceptors (Lipinski definition) is 7. The fourth-order valence-electron chi connectivity index (χ4n) is 4.60. The summed E-state index contributed by atoms with van der Waals surface area (Å²) in [7, 11) is 0. The van der Waals surface area contributed by atoms with E-state index in [1.165, 1.54) is 0 Å². The van der Waals surface area contributed by atoms with Gasteiger partial charge in [-0.05, 0) is 35.7 Å². The van der Waals surface area contributed by atoms with Gasteiger partial charge in [-0.2, -0.15) is 0 Å². The van der Waals surface area contributed by atoms with Gasteiger partial charge < -0.3 is 19.3 Å². The van der Waals surface area contributed by atoms with Gasteiger partial charge in [-0.1, -0.05) is 43.8 Å². The maximum atomic E-state index is 13.2. The van der Waals surface area contributed by atoms with Gasteiger partial charge in [-0.15, -0.1) is 0 Å². The molecular formula is C24H20O7. The van der Waals surface area contributed by atoms with Crippen LogP contribution in [0.4, 0.5) is 0 Å². The number of rotatable bonds is 2. The van der Waals surface area contributed by atoms with E-state index in [1.54, 1.807) is 19.1 Å². The maximum Gasteiger partial charge on any atom is 0.351 e. The summed E-state index contributed by atoms with van der Waals surface area (Å²) in [5, 5.41) is 12.7. The van der Waals surface area contributed by atoms with E-state index >= 15 is 0 Å². The van der Waals surface area contributed by atoms with Crippen LogP contribution in [-0.2, 0) is 23.8 Å². The fraction of sp³-hybridized carbons (Fsp3) is 0.292. The van der Waals surface area contributed by atoms with E-state index in [2.05, 4.69) is 6.58 Å². The molecular weight excluding hydrogens is 400 g/mol. The van der Waals surface area contributed by atoms with E-state index in [-0.39, 0.29) is 29.9 Å². The number of aliphatic hydroxyl groups excluding tert-OH is 1. The van der Waals surface area contributed by atoms with Crippen LogP contribution >= 0.6 is 0 Å². The Morgan fingerprint density at radius 2 is 1.90 bits per heavy atom. The van der Waals surface area contributed by atoms with Gasteiger partial charge in [-0.25, -0.2) is 9.59 Å². The molecule has 5 rings (SSSR count). The van der Waals surface area contributed by atoms with E-state index in [1.807, 2.05) is 30.3 Å². The highest BCUT2D eigenvalue weighted by Crippen LogP contribution is 2.47. The lowest BCUT2D eigenvalue weighted by molar-refractivity contribution is -0.149. The summed E-state index contributed by atoms with van der Waals surface area (Å²) in [6.07, 6.45) is -2.76. The van der Waals surface area contributed by atoms with Gasteiger partial charge in [0.15, 0.2) is 17.3 Å². The highest BCUT2D eigenvalue weighted by atomic mass is 16.6. The second-order valence-corrected chi connectivity index (χ2v) is 8.47. The average molecular weight is 420 g/mol. The molecule has 0 aromatic heterocycles. The van der Waals surface area contributed by atoms with E-state index in [4.69, 9.17) is 14.2 Å². The van der Waals surface area contributed by atoms with E-state index in [0.717, 1.165) is 10.8 Å². The molecule has 7 heteroatoms. The van der Waals surface area contributed by atoms with Gasteiger partial charge in [0.1, 0.15) is 23.9 Å². The predicted octanol–water partition coefficient (Wildman–Crippen LogP) is 2.82. The Bertz CT molecular complexity index is 1190. The summed E-state index contributed by atoms with van der Waals surface area (Å²) in [6.45, 7) is 5.29. The topological polar surface area (TPSA) is 99.1 Å². The zero-order valence-corrected chi connectivity index (χ0v) is 16.8. The molecule has 2 aromatic rings. The van der Waals surface area contributed by atoms with Crippen molar-refractivity contribution in [2.75, 3.05) is 0 Å². The van der Waals surface area contributed by atoms with Crippen LogP contribution in [0.15, 0.2) is 66.1 Å². The molecule has 2 aromatic carbocycles. The first-order chi connectivity index (χ1) is 14.8. The first kappa shape index (κ1) is 19.5. The Hall–Kier alpha value is -3.45. The van der Waals surface area contributed by atoms with Gasteiger partial charge >= 0.3 is 11.9 Å². The van der Waals surface area contributed by atoms with Crippen molar-refractivity contribution < 1.29 is 33.7 Å². The van der Waals surface area contributed by atoms with Crippen molar-refractivity contribution in [3.8, 4) is 0 Å². The van der Waals surface area contributed by atoms with Crippen LogP contribution in [0.1, 0.15) is 30.1 Å². The minimum Gasteiger partial charge on any atom is -0.483 e. The smallest absolute Gasteiger partial charge is 0.351 e. The van der Waals surface area contributed by atoms with Gasteiger partial charge in [-0.3, -0.25) is 4.79 Å². The maximum absolute atomic E-state index is 13.2. The number of esters is 2. The van der Waals surface area contributed by atoms with Crippen molar-refractivity contribution in [3.63, 3.8) is 0 Å². The molecule has 0 amide bonds. The number of fused-ring (bicyclic) bond motifs is 3. The van der Waals surface area contributed by atoms with Crippen LogP contribution in [0.5, 0.6) is 0 Å². The third-order valence-electron chi connectivity index (χ3n) is 6.25. The average Bonchev–Trinajstić information content (AvgIpc) is 2.97. The Morgan fingerprint density at radius 1 is 1.16 bits per heavy atom. The SMILES string of the molecule is C=C1OC(=O)C2=C1O[C@H]1C[C@](C)(CC(OC(=O)c3ccc4ccccc4c3)C1O)C2=O. The quantitative estimate of drug-likeness (QED) is 0.589. The number of aliphatic hydroxyl groups is 1. The van der Waals surface area contributed by atoms with Crippen molar-refractivity contribution in [2.45, 2.75) is 38.1 Å². The highest BCUT2D eigenvalue weighted by Gasteiger charge is 2.56. The number of benzene rings is 2. The Kier molecular flexibility index (Phi) is 4.27. The highest BCUT2D eigenvalue weighted by molar-refractivity contribution is 6.22. The van der Waals surface area contributed by atoms with E-state index < -0.39 is 41.4 Å². The van der Waals surface area contributed by atoms with Gasteiger partial charge in [0.25, 0.3) is 0 Å². The molecule has 1 N–H and O–H groups in total. The lowest BCUT2D eigenvalue weighted by Gasteiger charge is -2.41. The lowest BCUT2D eigenvalue weighted by atomic mass is 9.68. The summed E-state index contributed by atoms with van der Waals surface area (Å²) < 4.78 is 16.4. The number of Topliss-reactive ketones (excluding diaryl/α,β-unsaturated/α-hetero) is 1. The van der Waals surface area contributed by atoms with Crippen molar-refractivity contribution in [3.05, 3.63) is 71.7 Å². The Balaban J connectivity index is 1.43. The predicted molar refractivity (Wildman–Crippen MR) is 109 cm³/mol. The summed E-state index contributed by atoms with van der Waals surface area (Å²) >= 11 is 0. The van der Waals surface area contributed by atoms with E-state index in [0.29, 0.717) is 5.56 Å². The molecule has 3 aliphatic rings. The molecule has 7 nitrogen and oxygen atoms in total. The molecule has 2 heterocycles. The van der Waals surface area contributed by atoms with Crippen molar-refractivity contribution in [2.24, 2.45) is 5.41 Å². The van der Waals surface area contributed by atoms with Crippen LogP contribution in [0.25, 0.3) is 10.8 Å². The number of carbonyl (C=O) groups is 3. The Morgan fingerprint density at radius 3 is 2.68 bits per heavy atom. The number of cyclic esters (lactones) is 1. The number of ketones is 1.